The Labute approximate surface area is 416 Å². The number of nitrogens with two attached hydrogens (primary N) is 3. The fraction of sp³-hybridized carbons (Fsp3) is 0.721. The highest BCUT2D eigenvalue weighted by Crippen LogP contribution is 2.20. The monoisotopic (exact) mass is 1030 g/mol. The molecule has 13 atom stereocenters. The van der Waals surface area contributed by atoms with E-state index in [1.165, 1.54) is 13.8 Å². The lowest BCUT2D eigenvalue weighted by atomic mass is 9.95. The van der Waals surface area contributed by atoms with Crippen LogP contribution in [-0.4, -0.2) is 189 Å². The van der Waals surface area contributed by atoms with Crippen molar-refractivity contribution >= 4 is 71.0 Å². The molecule has 0 bridgehead atoms. The molecule has 0 unspecified atom stereocenters. The molecule has 0 saturated carbocycles. The number of quaternary nitrogens is 1. The Balaban J connectivity index is 3.22. The predicted molar refractivity (Wildman–Crippen MR) is 253 cm³/mol. The van der Waals surface area contributed by atoms with Crippen LogP contribution >= 0.6 is 0 Å². The van der Waals surface area contributed by atoms with Crippen LogP contribution in [0.4, 0.5) is 0 Å². The zero-order valence-corrected chi connectivity index (χ0v) is 41.9. The molecular formula is C43H78N14O15+2. The standard InChI is InChI=1S/C43H76N14O15/c1-8-19(3)30(39(68)55-31(42(71)72)20(4)9-2)54-37(66)27(18-59)53-40(69)32(23(7)60)56-38(67)28-13-11-15-57(28)41(70)22(6)49-34(63)24(12-10-14-48-43(46)47)50-36(65)26(17-58)52-35(64)25(16-29(45)61)51-33(62)21(5)44/h19-28,30-32,58-60H,8-18,44H2,1-7H3,(H2,45,61)(H,49,63)(H,50,65)(H,51,62)(H,52,64)(H,53,69)(H,54,66)(H,55,68)(H,56,67)(H,71,72)(H4,46,47,48)/p+2/t19-,20-,21-,22-,23+,24-,25-,26-,27-,28-,30-,31-,32-/m0/s1. The zero-order valence-electron chi connectivity index (χ0n) is 41.9. The van der Waals surface area contributed by atoms with Gasteiger partial charge in [0.15, 0.2) is 6.04 Å². The minimum atomic E-state index is -1.75. The first-order chi connectivity index (χ1) is 33.6. The molecule has 1 aliphatic rings. The van der Waals surface area contributed by atoms with E-state index in [-0.39, 0.29) is 44.7 Å². The van der Waals surface area contributed by atoms with Gasteiger partial charge in [0.25, 0.3) is 5.91 Å². The van der Waals surface area contributed by atoms with E-state index < -0.39 is 163 Å². The van der Waals surface area contributed by atoms with E-state index in [0.29, 0.717) is 12.8 Å². The van der Waals surface area contributed by atoms with Crippen LogP contribution < -0.4 is 70.5 Å². The van der Waals surface area contributed by atoms with Crippen molar-refractivity contribution in [3.63, 3.8) is 0 Å². The van der Waals surface area contributed by atoms with Crippen molar-refractivity contribution in [2.24, 2.45) is 29.0 Å². The summed E-state index contributed by atoms with van der Waals surface area (Å²) in [6.07, 6.45) is -1.11. The molecular weight excluding hydrogens is 953 g/mol. The topological polar surface area (TPSA) is 488 Å². The van der Waals surface area contributed by atoms with Gasteiger partial charge >= 0.3 is 11.9 Å². The molecule has 0 aliphatic carbocycles. The summed E-state index contributed by atoms with van der Waals surface area (Å²) in [4.78, 5) is 148. The molecule has 1 rings (SSSR count). The first-order valence-corrected chi connectivity index (χ1v) is 23.7. The molecule has 0 radical (unpaired) electrons. The van der Waals surface area contributed by atoms with Gasteiger partial charge in [0, 0.05) is 6.54 Å². The van der Waals surface area contributed by atoms with Crippen LogP contribution in [0.15, 0.2) is 0 Å². The number of carboxylic acid groups (broad SMARTS) is 1. The largest absolute Gasteiger partial charge is 0.480 e. The maximum absolute atomic E-state index is 13.9. The average molecular weight is 1030 g/mol. The zero-order chi connectivity index (χ0) is 55.2. The minimum Gasteiger partial charge on any atom is -0.480 e. The Hall–Kier alpha value is -6.72. The SMILES string of the molecule is CC[C@H](C)[C@H](NC(=O)[C@@H](NC(=O)[C@H](CO)NC(=O)[C@@H](NC(=O)[C@@H]1CCCN1C(=O)[C@H](C)NC(=O)[C@H](CCC[NH+]=C(N)N)NC(=O)[C@H](CO)NC(=O)[C@H](CC(N)=O)NC(=O)[C@H](C)[NH3+])[C@@H](C)O)[C@@H](C)CC)C(=O)O. The molecule has 408 valence electrons. The number of primary amides is 1. The van der Waals surface area contributed by atoms with Gasteiger partial charge in [0.05, 0.1) is 32.3 Å². The Morgan fingerprint density at radius 2 is 1.11 bits per heavy atom. The van der Waals surface area contributed by atoms with E-state index in [2.05, 4.69) is 53.3 Å². The Kier molecular flexibility index (Phi) is 27.2. The van der Waals surface area contributed by atoms with Gasteiger partial charge in [-0.05, 0) is 58.3 Å². The second kappa shape index (κ2) is 30.9. The smallest absolute Gasteiger partial charge is 0.338 e. The van der Waals surface area contributed by atoms with Crippen molar-refractivity contribution in [1.82, 2.24) is 47.4 Å². The number of nitrogens with one attached hydrogen (secondary N) is 9. The van der Waals surface area contributed by atoms with E-state index in [0.717, 1.165) is 11.8 Å². The summed E-state index contributed by atoms with van der Waals surface area (Å²) in [7, 11) is 0. The third-order valence-corrected chi connectivity index (χ3v) is 11.9. The molecule has 1 heterocycles. The number of aliphatic hydroxyl groups is 3. The maximum Gasteiger partial charge on any atom is 0.338 e. The van der Waals surface area contributed by atoms with E-state index in [1.54, 1.807) is 27.7 Å². The second-order valence-electron chi connectivity index (χ2n) is 17.9. The lowest BCUT2D eigenvalue weighted by Crippen LogP contribution is -2.78. The van der Waals surface area contributed by atoms with Gasteiger partial charge in [0.1, 0.15) is 54.4 Å². The van der Waals surface area contributed by atoms with E-state index in [1.807, 2.05) is 0 Å². The number of aliphatic hydroxyl groups excluding tert-OH is 3. The summed E-state index contributed by atoms with van der Waals surface area (Å²) in [5, 5.41) is 59.4. The molecule has 1 saturated heterocycles. The van der Waals surface area contributed by atoms with Gasteiger partial charge in [0.2, 0.25) is 53.2 Å². The van der Waals surface area contributed by atoms with Crippen molar-refractivity contribution in [1.29, 1.82) is 0 Å². The van der Waals surface area contributed by atoms with Gasteiger partial charge < -0.3 is 79.3 Å². The quantitative estimate of drug-likeness (QED) is 0.0174. The van der Waals surface area contributed by atoms with E-state index >= 15 is 0 Å². The summed E-state index contributed by atoms with van der Waals surface area (Å²) in [6.45, 7) is 8.73. The van der Waals surface area contributed by atoms with Crippen molar-refractivity contribution in [3.8, 4) is 0 Å². The number of hydrogen-bond donors (Lipinski definition) is 17. The normalized spacial score (nSPS) is 18.2. The summed E-state index contributed by atoms with van der Waals surface area (Å²) >= 11 is 0. The Morgan fingerprint density at radius 1 is 0.639 bits per heavy atom. The molecule has 0 aromatic rings. The van der Waals surface area contributed by atoms with Gasteiger partial charge in [-0.3, -0.25) is 64.4 Å². The van der Waals surface area contributed by atoms with Gasteiger partial charge in [-0.1, -0.05) is 40.5 Å². The number of carbonyl (C=O) groups is 11. The van der Waals surface area contributed by atoms with Crippen molar-refractivity contribution < 1.29 is 83.9 Å². The van der Waals surface area contributed by atoms with Crippen LogP contribution in [0.3, 0.4) is 0 Å². The Bertz CT molecular complexity index is 1950. The number of amides is 10. The van der Waals surface area contributed by atoms with Crippen LogP contribution in [0.25, 0.3) is 0 Å². The Morgan fingerprint density at radius 3 is 1.61 bits per heavy atom. The highest BCUT2D eigenvalue weighted by Gasteiger charge is 2.41. The fourth-order valence-corrected chi connectivity index (χ4v) is 7.19. The van der Waals surface area contributed by atoms with E-state index in [4.69, 9.17) is 17.2 Å². The summed E-state index contributed by atoms with van der Waals surface area (Å²) in [5.74, 6) is -11.8. The van der Waals surface area contributed by atoms with Gasteiger partial charge in [-0.15, -0.1) is 0 Å². The molecule has 1 fully saturated rings. The molecule has 72 heavy (non-hydrogen) atoms. The molecule has 1 aliphatic heterocycles. The molecule has 22 N–H and O–H groups in total. The van der Waals surface area contributed by atoms with Crippen molar-refractivity contribution in [2.45, 2.75) is 160 Å². The molecule has 29 nitrogen and oxygen atoms in total. The summed E-state index contributed by atoms with van der Waals surface area (Å²) in [6, 6.07) is -14.2. The lowest BCUT2D eigenvalue weighted by Gasteiger charge is -2.31. The van der Waals surface area contributed by atoms with Crippen LogP contribution in [0, 0.1) is 11.8 Å². The molecule has 10 amide bonds. The number of carbonyl (C=O) groups excluding carboxylic acids is 10. The highest BCUT2D eigenvalue weighted by molar-refractivity contribution is 5.99. The molecule has 0 aromatic heterocycles. The number of likely N-dealkylation sites (tertiary alicyclic amines) is 1. The first-order valence-electron chi connectivity index (χ1n) is 23.7. The van der Waals surface area contributed by atoms with Crippen molar-refractivity contribution in [2.75, 3.05) is 26.3 Å². The van der Waals surface area contributed by atoms with E-state index in [9.17, 15) is 73.2 Å². The molecule has 0 aromatic carbocycles. The number of rotatable bonds is 31. The summed E-state index contributed by atoms with van der Waals surface area (Å²) < 4.78 is 0. The minimum absolute atomic E-state index is 0.0104. The fourth-order valence-electron chi connectivity index (χ4n) is 7.19. The first kappa shape index (κ1) is 63.3. The van der Waals surface area contributed by atoms with Crippen LogP contribution in [0.2, 0.25) is 0 Å². The summed E-state index contributed by atoms with van der Waals surface area (Å²) in [5.41, 5.74) is 19.7. The number of carboxylic acids is 1. The second-order valence-corrected chi connectivity index (χ2v) is 17.9. The number of aliphatic carboxylic acids is 1. The molecule has 0 spiro atoms. The highest BCUT2D eigenvalue weighted by atomic mass is 16.4. The lowest BCUT2D eigenvalue weighted by molar-refractivity contribution is -0.459. The average Bonchev–Trinajstić information content (AvgIpc) is 3.81. The van der Waals surface area contributed by atoms with Crippen molar-refractivity contribution in [3.05, 3.63) is 0 Å². The number of nitrogens with zero attached hydrogens (tertiary/aromatic N) is 1. The van der Waals surface area contributed by atoms with Gasteiger partial charge in [-0.2, -0.15) is 0 Å². The van der Waals surface area contributed by atoms with Gasteiger partial charge in [-0.25, -0.2) is 4.79 Å². The third kappa shape index (κ3) is 20.2. The van der Waals surface area contributed by atoms with Crippen LogP contribution in [0.5, 0.6) is 0 Å². The van der Waals surface area contributed by atoms with Crippen LogP contribution in [0.1, 0.15) is 93.4 Å². The maximum atomic E-state index is 13.9. The number of hydrogen-bond acceptors (Lipinski definition) is 14. The third-order valence-electron chi connectivity index (χ3n) is 11.9. The van der Waals surface area contributed by atoms with Crippen LogP contribution in [-0.2, 0) is 52.7 Å². The number of guanidine groups is 1. The predicted octanol–water partition coefficient (Wildman–Crippen LogP) is -9.94. The molecule has 29 heteroatoms.